The molecule has 0 aromatic heterocycles. The van der Waals surface area contributed by atoms with Crippen molar-refractivity contribution >= 4 is 5.91 Å². The number of nitrogens with one attached hydrogen (secondary N) is 1. The minimum atomic E-state index is -0.149. The first kappa shape index (κ1) is 14.8. The summed E-state index contributed by atoms with van der Waals surface area (Å²) in [6.45, 7) is 7.20. The highest BCUT2D eigenvalue weighted by Crippen LogP contribution is 2.36. The molecule has 1 heterocycles. The second-order valence-electron chi connectivity index (χ2n) is 6.93. The molecule has 3 heteroatoms. The van der Waals surface area contributed by atoms with Gasteiger partial charge in [-0.2, -0.15) is 0 Å². The molecule has 1 unspecified atom stereocenters. The van der Waals surface area contributed by atoms with Crippen molar-refractivity contribution in [2.75, 3.05) is 26.7 Å². The molecule has 1 amide bonds. The highest BCUT2D eigenvalue weighted by Gasteiger charge is 2.45. The molecule has 0 bridgehead atoms. The van der Waals surface area contributed by atoms with Gasteiger partial charge < -0.3 is 10.2 Å². The van der Waals surface area contributed by atoms with Crippen LogP contribution in [-0.2, 0) is 4.79 Å². The lowest BCUT2D eigenvalue weighted by atomic mass is 9.75. The number of carbonyl (C=O) groups excluding carboxylic acids is 1. The minimum absolute atomic E-state index is 0.149. The standard InChI is InChI=1S/C16H30N2O/c1-13(2)16(9-10-17-12-16)15(19)18(3)11-14-7-5-4-6-8-14/h13-14,17H,4-12H2,1-3H3. The summed E-state index contributed by atoms with van der Waals surface area (Å²) in [5, 5.41) is 3.39. The lowest BCUT2D eigenvalue weighted by Gasteiger charge is -2.37. The third-order valence-corrected chi connectivity index (χ3v) is 5.32. The maximum Gasteiger partial charge on any atom is 0.230 e. The molecule has 1 atom stereocenters. The number of rotatable bonds is 4. The van der Waals surface area contributed by atoms with E-state index in [1.807, 2.05) is 11.9 Å². The van der Waals surface area contributed by atoms with Crippen LogP contribution >= 0.6 is 0 Å². The molecule has 19 heavy (non-hydrogen) atoms. The van der Waals surface area contributed by atoms with Crippen molar-refractivity contribution in [1.82, 2.24) is 10.2 Å². The lowest BCUT2D eigenvalue weighted by molar-refractivity contribution is -0.143. The van der Waals surface area contributed by atoms with E-state index in [-0.39, 0.29) is 5.41 Å². The molecule has 0 aromatic carbocycles. The van der Waals surface area contributed by atoms with Gasteiger partial charge in [-0.25, -0.2) is 0 Å². The van der Waals surface area contributed by atoms with Gasteiger partial charge in [-0.1, -0.05) is 33.1 Å². The van der Waals surface area contributed by atoms with Gasteiger partial charge in [0.2, 0.25) is 5.91 Å². The van der Waals surface area contributed by atoms with Crippen molar-refractivity contribution in [3.63, 3.8) is 0 Å². The van der Waals surface area contributed by atoms with Gasteiger partial charge in [0, 0.05) is 20.1 Å². The van der Waals surface area contributed by atoms with Gasteiger partial charge in [0.25, 0.3) is 0 Å². The SMILES string of the molecule is CC(C)C1(C(=O)N(C)CC2CCCCC2)CCNC1. The van der Waals surface area contributed by atoms with E-state index in [0.29, 0.717) is 11.8 Å². The first-order valence-electron chi connectivity index (χ1n) is 8.02. The Morgan fingerprint density at radius 2 is 2.00 bits per heavy atom. The Labute approximate surface area is 118 Å². The van der Waals surface area contributed by atoms with Crippen LogP contribution in [0.15, 0.2) is 0 Å². The molecule has 2 aliphatic rings. The summed E-state index contributed by atoms with van der Waals surface area (Å²) < 4.78 is 0. The van der Waals surface area contributed by atoms with Crippen LogP contribution in [0.1, 0.15) is 52.4 Å². The van der Waals surface area contributed by atoms with Crippen LogP contribution in [0.5, 0.6) is 0 Å². The first-order chi connectivity index (χ1) is 9.06. The first-order valence-corrected chi connectivity index (χ1v) is 8.02. The van der Waals surface area contributed by atoms with Crippen LogP contribution < -0.4 is 5.32 Å². The van der Waals surface area contributed by atoms with Crippen LogP contribution in [0.4, 0.5) is 0 Å². The Kier molecular flexibility index (Phi) is 4.88. The van der Waals surface area contributed by atoms with E-state index in [1.54, 1.807) is 0 Å². The van der Waals surface area contributed by atoms with Gasteiger partial charge >= 0.3 is 0 Å². The molecule has 0 radical (unpaired) electrons. The van der Waals surface area contributed by atoms with Gasteiger partial charge in [-0.15, -0.1) is 0 Å². The fourth-order valence-corrected chi connectivity index (χ4v) is 3.85. The summed E-state index contributed by atoms with van der Waals surface area (Å²) in [6, 6.07) is 0. The zero-order valence-electron chi connectivity index (χ0n) is 12.9. The van der Waals surface area contributed by atoms with E-state index in [0.717, 1.165) is 32.0 Å². The van der Waals surface area contributed by atoms with Crippen molar-refractivity contribution < 1.29 is 4.79 Å². The number of hydrogen-bond donors (Lipinski definition) is 1. The van der Waals surface area contributed by atoms with Crippen LogP contribution in [0.25, 0.3) is 0 Å². The summed E-state index contributed by atoms with van der Waals surface area (Å²) >= 11 is 0. The molecule has 2 fully saturated rings. The van der Waals surface area contributed by atoms with Crippen molar-refractivity contribution in [1.29, 1.82) is 0 Å². The number of carbonyl (C=O) groups is 1. The summed E-state index contributed by atoms with van der Waals surface area (Å²) in [5.74, 6) is 1.53. The van der Waals surface area contributed by atoms with Gasteiger partial charge in [0.15, 0.2) is 0 Å². The number of hydrogen-bond acceptors (Lipinski definition) is 2. The van der Waals surface area contributed by atoms with Gasteiger partial charge in [0.1, 0.15) is 0 Å². The normalized spacial score (nSPS) is 28.8. The zero-order valence-corrected chi connectivity index (χ0v) is 12.9. The fourth-order valence-electron chi connectivity index (χ4n) is 3.85. The van der Waals surface area contributed by atoms with Gasteiger partial charge in [-0.3, -0.25) is 4.79 Å². The monoisotopic (exact) mass is 266 g/mol. The molecular weight excluding hydrogens is 236 g/mol. The quantitative estimate of drug-likeness (QED) is 0.848. The molecule has 0 spiro atoms. The molecule has 0 aromatic rings. The topological polar surface area (TPSA) is 32.3 Å². The Hall–Kier alpha value is -0.570. The predicted molar refractivity (Wildman–Crippen MR) is 79.0 cm³/mol. The highest BCUT2D eigenvalue weighted by atomic mass is 16.2. The minimum Gasteiger partial charge on any atom is -0.345 e. The molecular formula is C16H30N2O. The molecule has 1 aliphatic heterocycles. The van der Waals surface area contributed by atoms with Crippen molar-refractivity contribution in [3.05, 3.63) is 0 Å². The molecule has 1 saturated carbocycles. The summed E-state index contributed by atoms with van der Waals surface area (Å²) in [6.07, 6.45) is 7.70. The van der Waals surface area contributed by atoms with E-state index in [2.05, 4.69) is 19.2 Å². The van der Waals surface area contributed by atoms with Crippen molar-refractivity contribution in [2.24, 2.45) is 17.3 Å². The number of amides is 1. The van der Waals surface area contributed by atoms with E-state index in [9.17, 15) is 4.79 Å². The molecule has 3 nitrogen and oxygen atoms in total. The second-order valence-corrected chi connectivity index (χ2v) is 6.93. The Morgan fingerprint density at radius 1 is 1.32 bits per heavy atom. The van der Waals surface area contributed by atoms with E-state index < -0.39 is 0 Å². The average Bonchev–Trinajstić information content (AvgIpc) is 2.89. The highest BCUT2D eigenvalue weighted by molar-refractivity contribution is 5.83. The summed E-state index contributed by atoms with van der Waals surface area (Å²) in [4.78, 5) is 14.9. The van der Waals surface area contributed by atoms with Gasteiger partial charge in [0.05, 0.1) is 5.41 Å². The molecule has 1 aliphatic carbocycles. The summed E-state index contributed by atoms with van der Waals surface area (Å²) in [5.41, 5.74) is -0.149. The zero-order chi connectivity index (χ0) is 13.9. The average molecular weight is 266 g/mol. The van der Waals surface area contributed by atoms with Crippen molar-refractivity contribution in [3.8, 4) is 0 Å². The predicted octanol–water partition coefficient (Wildman–Crippen LogP) is 2.66. The van der Waals surface area contributed by atoms with Crippen LogP contribution in [0, 0.1) is 17.3 Å². The van der Waals surface area contributed by atoms with Crippen molar-refractivity contribution in [2.45, 2.75) is 52.4 Å². The fraction of sp³-hybridized carbons (Fsp3) is 0.938. The van der Waals surface area contributed by atoms with E-state index in [1.165, 1.54) is 32.1 Å². The Bertz CT molecular complexity index is 302. The smallest absolute Gasteiger partial charge is 0.230 e. The van der Waals surface area contributed by atoms with Crippen LogP contribution in [0.2, 0.25) is 0 Å². The molecule has 110 valence electrons. The maximum atomic E-state index is 12.9. The number of nitrogens with zero attached hydrogens (tertiary/aromatic N) is 1. The largest absolute Gasteiger partial charge is 0.345 e. The van der Waals surface area contributed by atoms with Gasteiger partial charge in [-0.05, 0) is 37.6 Å². The third kappa shape index (κ3) is 3.13. The third-order valence-electron chi connectivity index (χ3n) is 5.32. The molecule has 1 N–H and O–H groups in total. The van der Waals surface area contributed by atoms with Crippen LogP contribution in [-0.4, -0.2) is 37.5 Å². The molecule has 1 saturated heterocycles. The Morgan fingerprint density at radius 3 is 2.53 bits per heavy atom. The lowest BCUT2D eigenvalue weighted by Crippen LogP contribution is -2.48. The Balaban J connectivity index is 1.96. The second kappa shape index (κ2) is 6.25. The van der Waals surface area contributed by atoms with E-state index in [4.69, 9.17) is 0 Å². The van der Waals surface area contributed by atoms with E-state index >= 15 is 0 Å². The maximum absolute atomic E-state index is 12.9. The molecule has 2 rings (SSSR count). The summed E-state index contributed by atoms with van der Waals surface area (Å²) in [7, 11) is 2.01. The van der Waals surface area contributed by atoms with Crippen LogP contribution in [0.3, 0.4) is 0 Å².